The zero-order valence-corrected chi connectivity index (χ0v) is 12.6. The molecule has 4 nitrogen and oxygen atoms in total. The summed E-state index contributed by atoms with van der Waals surface area (Å²) < 4.78 is 81.0. The van der Waals surface area contributed by atoms with Crippen molar-refractivity contribution in [2.45, 2.75) is 31.3 Å². The molecule has 0 aliphatic heterocycles. The lowest BCUT2D eigenvalue weighted by atomic mass is 10.1. The molecule has 0 amide bonds. The van der Waals surface area contributed by atoms with E-state index in [1.54, 1.807) is 0 Å². The summed E-state index contributed by atoms with van der Waals surface area (Å²) in [6.07, 6.45) is -7.49. The average molecular weight is 345 g/mol. The maximum absolute atomic E-state index is 13.0. The van der Waals surface area contributed by atoms with Gasteiger partial charge in [0.1, 0.15) is 5.69 Å². The molecule has 1 rings (SSSR count). The van der Waals surface area contributed by atoms with Gasteiger partial charge in [0, 0.05) is 6.26 Å². The average Bonchev–Trinajstić information content (AvgIpc) is 2.35. The topological polar surface area (TPSA) is 56.3 Å². The molecule has 0 spiro atoms. The first-order chi connectivity index (χ1) is 10.0. The Bertz CT molecular complexity index is 616. The van der Waals surface area contributed by atoms with Crippen molar-refractivity contribution in [1.29, 1.82) is 0 Å². The second kappa shape index (κ2) is 6.67. The molecule has 1 aromatic heterocycles. The van der Waals surface area contributed by atoms with Crippen molar-refractivity contribution in [2.24, 2.45) is 0 Å². The van der Waals surface area contributed by atoms with Crippen molar-refractivity contribution in [3.8, 4) is 0 Å². The summed E-state index contributed by atoms with van der Waals surface area (Å²) in [7, 11) is -2.06. The van der Waals surface area contributed by atoms with Crippen LogP contribution in [0.2, 0.25) is 0 Å². The Morgan fingerprint density at radius 1 is 1.36 bits per heavy atom. The Morgan fingerprint density at radius 3 is 2.27 bits per heavy atom. The van der Waals surface area contributed by atoms with Crippen LogP contribution in [0.3, 0.4) is 0 Å². The van der Waals surface area contributed by atoms with Crippen LogP contribution in [0.5, 0.6) is 0 Å². The third-order valence-electron chi connectivity index (χ3n) is 2.66. The van der Waals surface area contributed by atoms with Gasteiger partial charge in [-0.15, -0.1) is 0 Å². The van der Waals surface area contributed by atoms with Crippen LogP contribution in [0.1, 0.15) is 40.7 Å². The molecule has 22 heavy (non-hydrogen) atoms. The van der Waals surface area contributed by atoms with Crippen LogP contribution < -0.4 is 0 Å². The SMILES string of the molecule is CCOC(=O)c1c(C(F)(F)F)nc(C(F)F)c(S(C)=O)c1C. The van der Waals surface area contributed by atoms with E-state index in [2.05, 4.69) is 9.72 Å². The van der Waals surface area contributed by atoms with E-state index in [-0.39, 0.29) is 6.61 Å². The fourth-order valence-electron chi connectivity index (χ4n) is 1.88. The second-order valence-corrected chi connectivity index (χ2v) is 5.46. The van der Waals surface area contributed by atoms with Gasteiger partial charge in [0.25, 0.3) is 6.43 Å². The first-order valence-electron chi connectivity index (χ1n) is 5.92. The van der Waals surface area contributed by atoms with Gasteiger partial charge >= 0.3 is 12.1 Å². The molecule has 0 fully saturated rings. The van der Waals surface area contributed by atoms with Crippen molar-refractivity contribution in [3.63, 3.8) is 0 Å². The minimum absolute atomic E-state index is 0.212. The lowest BCUT2D eigenvalue weighted by Gasteiger charge is -2.18. The maximum atomic E-state index is 13.0. The number of hydrogen-bond acceptors (Lipinski definition) is 4. The van der Waals surface area contributed by atoms with Crippen LogP contribution in [-0.2, 0) is 21.7 Å². The Hall–Kier alpha value is -1.58. The Labute approximate surface area is 125 Å². The quantitative estimate of drug-likeness (QED) is 0.621. The zero-order chi connectivity index (χ0) is 17.2. The number of pyridine rings is 1. The number of alkyl halides is 5. The number of esters is 1. The van der Waals surface area contributed by atoms with Crippen molar-refractivity contribution >= 4 is 16.8 Å². The number of halogens is 5. The molecule has 0 bridgehead atoms. The number of nitrogens with zero attached hydrogens (tertiary/aromatic N) is 1. The van der Waals surface area contributed by atoms with E-state index in [0.29, 0.717) is 0 Å². The molecule has 124 valence electrons. The predicted octanol–water partition coefficient (Wildman–Crippen LogP) is 3.26. The molecule has 0 aliphatic rings. The number of carbonyl (C=O) groups is 1. The Morgan fingerprint density at radius 2 is 1.91 bits per heavy atom. The first kappa shape index (κ1) is 18.5. The highest BCUT2D eigenvalue weighted by molar-refractivity contribution is 7.84. The molecule has 1 heterocycles. The molecular formula is C12H12F5NO3S. The monoisotopic (exact) mass is 345 g/mol. The fourth-order valence-corrected chi connectivity index (χ4v) is 2.84. The summed E-state index contributed by atoms with van der Waals surface area (Å²) in [6, 6.07) is 0. The van der Waals surface area contributed by atoms with E-state index >= 15 is 0 Å². The molecule has 1 aromatic rings. The molecule has 1 atom stereocenters. The standard InChI is InChI=1S/C12H12F5NO3S/c1-4-21-11(19)6-5(2)8(22(3)20)7(10(13)14)18-9(6)12(15,16)17/h10H,4H2,1-3H3. The van der Waals surface area contributed by atoms with Crippen LogP contribution in [0.4, 0.5) is 22.0 Å². The smallest absolute Gasteiger partial charge is 0.434 e. The number of aromatic nitrogens is 1. The van der Waals surface area contributed by atoms with E-state index < -0.39 is 56.8 Å². The van der Waals surface area contributed by atoms with Crippen LogP contribution in [0.15, 0.2) is 4.90 Å². The summed E-state index contributed by atoms with van der Waals surface area (Å²) in [5.41, 5.74) is -4.49. The largest absolute Gasteiger partial charge is 0.462 e. The van der Waals surface area contributed by atoms with Crippen LogP contribution in [-0.4, -0.2) is 28.0 Å². The van der Waals surface area contributed by atoms with Crippen LogP contribution in [0, 0.1) is 6.92 Å². The summed E-state index contributed by atoms with van der Waals surface area (Å²) in [5.74, 6) is -1.35. The van der Waals surface area contributed by atoms with E-state index in [9.17, 15) is 31.0 Å². The van der Waals surface area contributed by atoms with Gasteiger partial charge in [-0.05, 0) is 19.4 Å². The van der Waals surface area contributed by atoms with Crippen LogP contribution >= 0.6 is 0 Å². The van der Waals surface area contributed by atoms with Crippen molar-refractivity contribution in [1.82, 2.24) is 4.98 Å². The van der Waals surface area contributed by atoms with E-state index in [4.69, 9.17) is 0 Å². The predicted molar refractivity (Wildman–Crippen MR) is 67.2 cm³/mol. The molecule has 0 aromatic carbocycles. The zero-order valence-electron chi connectivity index (χ0n) is 11.8. The molecule has 0 saturated carbocycles. The first-order valence-corrected chi connectivity index (χ1v) is 7.48. The van der Waals surface area contributed by atoms with Crippen molar-refractivity contribution in [2.75, 3.05) is 12.9 Å². The second-order valence-electron chi connectivity index (χ2n) is 4.15. The number of hydrogen-bond donors (Lipinski definition) is 0. The normalized spacial score (nSPS) is 13.3. The summed E-state index contributed by atoms with van der Waals surface area (Å²) in [6.45, 7) is 2.17. The van der Waals surface area contributed by atoms with Gasteiger partial charge in [-0.1, -0.05) is 0 Å². The lowest BCUT2D eigenvalue weighted by Crippen LogP contribution is -2.22. The molecule has 1 unspecified atom stereocenters. The minimum Gasteiger partial charge on any atom is -0.462 e. The highest BCUT2D eigenvalue weighted by Crippen LogP contribution is 2.37. The molecule has 10 heteroatoms. The number of rotatable bonds is 4. The summed E-state index contributed by atoms with van der Waals surface area (Å²) in [4.78, 5) is 14.0. The number of ether oxygens (including phenoxy) is 1. The highest BCUT2D eigenvalue weighted by atomic mass is 32.2. The van der Waals surface area contributed by atoms with Gasteiger partial charge in [0.15, 0.2) is 5.69 Å². The van der Waals surface area contributed by atoms with Crippen LogP contribution in [0.25, 0.3) is 0 Å². The molecular weight excluding hydrogens is 333 g/mol. The van der Waals surface area contributed by atoms with Gasteiger partial charge in [-0.2, -0.15) is 13.2 Å². The van der Waals surface area contributed by atoms with Gasteiger partial charge in [-0.25, -0.2) is 18.6 Å². The highest BCUT2D eigenvalue weighted by Gasteiger charge is 2.41. The van der Waals surface area contributed by atoms with Gasteiger partial charge in [0.2, 0.25) is 0 Å². The fraction of sp³-hybridized carbons (Fsp3) is 0.500. The minimum atomic E-state index is -5.13. The van der Waals surface area contributed by atoms with Crippen molar-refractivity contribution < 1.29 is 35.7 Å². The Kier molecular flexibility index (Phi) is 5.60. The van der Waals surface area contributed by atoms with E-state index in [1.807, 2.05) is 0 Å². The third-order valence-corrected chi connectivity index (χ3v) is 3.75. The maximum Gasteiger partial charge on any atom is 0.434 e. The molecule has 0 N–H and O–H groups in total. The number of carbonyl (C=O) groups excluding carboxylic acids is 1. The third kappa shape index (κ3) is 3.60. The van der Waals surface area contributed by atoms with E-state index in [0.717, 1.165) is 13.2 Å². The Balaban J connectivity index is 3.83. The molecule has 0 radical (unpaired) electrons. The summed E-state index contributed by atoms with van der Waals surface area (Å²) in [5, 5.41) is 0. The lowest BCUT2D eigenvalue weighted by molar-refractivity contribution is -0.142. The van der Waals surface area contributed by atoms with Gasteiger partial charge in [-0.3, -0.25) is 4.21 Å². The summed E-state index contributed by atoms with van der Waals surface area (Å²) >= 11 is 0. The van der Waals surface area contributed by atoms with E-state index in [1.165, 1.54) is 6.92 Å². The van der Waals surface area contributed by atoms with Gasteiger partial charge in [0.05, 0.1) is 27.9 Å². The molecule has 0 saturated heterocycles. The molecule has 0 aliphatic carbocycles. The van der Waals surface area contributed by atoms with Gasteiger partial charge < -0.3 is 4.74 Å². The van der Waals surface area contributed by atoms with Crippen molar-refractivity contribution in [3.05, 3.63) is 22.5 Å².